The summed E-state index contributed by atoms with van der Waals surface area (Å²) in [6.45, 7) is 0. The average molecular weight is 303 g/mol. The van der Waals surface area contributed by atoms with Gasteiger partial charge in [0.2, 0.25) is 0 Å². The van der Waals surface area contributed by atoms with E-state index in [-0.39, 0.29) is 5.56 Å². The van der Waals surface area contributed by atoms with Crippen LogP contribution in [0.1, 0.15) is 0 Å². The van der Waals surface area contributed by atoms with Crippen LogP contribution in [0.3, 0.4) is 0 Å². The monoisotopic (exact) mass is 303 g/mol. The Morgan fingerprint density at radius 1 is 1.05 bits per heavy atom. The highest BCUT2D eigenvalue weighted by Crippen LogP contribution is 2.29. The van der Waals surface area contributed by atoms with Crippen LogP contribution in [0.15, 0.2) is 47.8 Å². The number of halogens is 2. The second-order valence-corrected chi connectivity index (χ2v) is 5.27. The van der Waals surface area contributed by atoms with Crippen molar-refractivity contribution in [3.05, 3.63) is 59.5 Å². The van der Waals surface area contributed by atoms with Gasteiger partial charge in [-0.3, -0.25) is 0 Å². The Morgan fingerprint density at radius 3 is 2.52 bits per heavy atom. The fraction of sp³-hybridized carbons (Fsp3) is 0. The number of nitrogens with zero attached hydrogens (tertiary/aromatic N) is 1. The SMILES string of the molecule is Nc1ccc(Nc2nc(-c3ccc(F)cc3F)cs2)cc1. The maximum Gasteiger partial charge on any atom is 0.187 e. The molecule has 0 aliphatic carbocycles. The zero-order chi connectivity index (χ0) is 14.8. The van der Waals surface area contributed by atoms with Crippen molar-refractivity contribution in [2.45, 2.75) is 0 Å². The van der Waals surface area contributed by atoms with Gasteiger partial charge in [0.25, 0.3) is 0 Å². The van der Waals surface area contributed by atoms with Crippen molar-refractivity contribution < 1.29 is 8.78 Å². The molecule has 0 amide bonds. The molecule has 3 nitrogen and oxygen atoms in total. The van der Waals surface area contributed by atoms with Crippen molar-refractivity contribution in [3.63, 3.8) is 0 Å². The van der Waals surface area contributed by atoms with E-state index in [2.05, 4.69) is 10.3 Å². The molecule has 0 atom stereocenters. The minimum Gasteiger partial charge on any atom is -0.399 e. The first kappa shape index (κ1) is 13.5. The van der Waals surface area contributed by atoms with E-state index in [0.717, 1.165) is 11.8 Å². The first-order valence-electron chi connectivity index (χ1n) is 6.15. The van der Waals surface area contributed by atoms with Gasteiger partial charge in [0.15, 0.2) is 5.13 Å². The van der Waals surface area contributed by atoms with Crippen LogP contribution in [0.25, 0.3) is 11.3 Å². The van der Waals surface area contributed by atoms with E-state index in [1.165, 1.54) is 23.5 Å². The number of benzene rings is 2. The Hall–Kier alpha value is -2.47. The van der Waals surface area contributed by atoms with E-state index in [1.54, 1.807) is 17.5 Å². The second kappa shape index (κ2) is 5.49. The van der Waals surface area contributed by atoms with Crippen LogP contribution < -0.4 is 11.1 Å². The molecule has 106 valence electrons. The van der Waals surface area contributed by atoms with Gasteiger partial charge in [-0.25, -0.2) is 13.8 Å². The number of hydrogen-bond donors (Lipinski definition) is 2. The van der Waals surface area contributed by atoms with E-state index in [4.69, 9.17) is 5.73 Å². The van der Waals surface area contributed by atoms with Crippen molar-refractivity contribution in [3.8, 4) is 11.3 Å². The molecule has 0 unspecified atom stereocenters. The minimum atomic E-state index is -0.626. The third kappa shape index (κ3) is 3.00. The molecular formula is C15H11F2N3S. The van der Waals surface area contributed by atoms with Gasteiger partial charge in [-0.1, -0.05) is 0 Å². The Labute approximate surface area is 124 Å². The molecule has 3 aromatic rings. The van der Waals surface area contributed by atoms with Crippen LogP contribution in [0.2, 0.25) is 0 Å². The molecule has 6 heteroatoms. The molecule has 0 aliphatic heterocycles. The lowest BCUT2D eigenvalue weighted by atomic mass is 10.1. The number of anilines is 3. The maximum absolute atomic E-state index is 13.7. The van der Waals surface area contributed by atoms with Gasteiger partial charge in [0, 0.05) is 28.4 Å². The third-order valence-electron chi connectivity index (χ3n) is 2.87. The quantitative estimate of drug-likeness (QED) is 0.704. The van der Waals surface area contributed by atoms with Gasteiger partial charge in [0.05, 0.1) is 5.69 Å². The van der Waals surface area contributed by atoms with Crippen molar-refractivity contribution in [2.75, 3.05) is 11.1 Å². The molecule has 2 aromatic carbocycles. The molecule has 1 heterocycles. The van der Waals surface area contributed by atoms with Gasteiger partial charge in [-0.05, 0) is 36.4 Å². The van der Waals surface area contributed by atoms with E-state index < -0.39 is 11.6 Å². The highest BCUT2D eigenvalue weighted by atomic mass is 32.1. The summed E-state index contributed by atoms with van der Waals surface area (Å²) >= 11 is 1.34. The molecule has 0 saturated heterocycles. The molecular weight excluding hydrogens is 292 g/mol. The van der Waals surface area contributed by atoms with Gasteiger partial charge >= 0.3 is 0 Å². The molecule has 0 aliphatic rings. The van der Waals surface area contributed by atoms with Gasteiger partial charge in [-0.15, -0.1) is 11.3 Å². The van der Waals surface area contributed by atoms with Crippen molar-refractivity contribution in [1.82, 2.24) is 4.98 Å². The van der Waals surface area contributed by atoms with E-state index in [9.17, 15) is 8.78 Å². The number of thiazole rings is 1. The third-order valence-corrected chi connectivity index (χ3v) is 3.63. The highest BCUT2D eigenvalue weighted by molar-refractivity contribution is 7.14. The van der Waals surface area contributed by atoms with Crippen LogP contribution in [-0.2, 0) is 0 Å². The molecule has 21 heavy (non-hydrogen) atoms. The first-order chi connectivity index (χ1) is 10.1. The van der Waals surface area contributed by atoms with Crippen molar-refractivity contribution in [2.24, 2.45) is 0 Å². The number of aromatic nitrogens is 1. The lowest BCUT2D eigenvalue weighted by Crippen LogP contribution is -1.91. The van der Waals surface area contributed by atoms with Crippen LogP contribution in [0.4, 0.5) is 25.3 Å². The number of nitrogens with two attached hydrogens (primary N) is 1. The van der Waals surface area contributed by atoms with Crippen LogP contribution in [0, 0.1) is 11.6 Å². The summed E-state index contributed by atoms with van der Waals surface area (Å²) in [5.74, 6) is -1.23. The largest absolute Gasteiger partial charge is 0.399 e. The normalized spacial score (nSPS) is 10.6. The molecule has 0 fully saturated rings. The zero-order valence-corrected chi connectivity index (χ0v) is 11.6. The number of hydrogen-bond acceptors (Lipinski definition) is 4. The van der Waals surface area contributed by atoms with Gasteiger partial charge in [-0.2, -0.15) is 0 Å². The summed E-state index contributed by atoms with van der Waals surface area (Å²) in [6.07, 6.45) is 0. The summed E-state index contributed by atoms with van der Waals surface area (Å²) in [5, 5.41) is 5.45. The molecule has 0 bridgehead atoms. The zero-order valence-electron chi connectivity index (χ0n) is 10.8. The van der Waals surface area contributed by atoms with Crippen LogP contribution in [0.5, 0.6) is 0 Å². The fourth-order valence-electron chi connectivity index (χ4n) is 1.84. The summed E-state index contributed by atoms with van der Waals surface area (Å²) in [5.41, 5.74) is 7.87. The van der Waals surface area contributed by atoms with Crippen molar-refractivity contribution >= 4 is 27.8 Å². The lowest BCUT2D eigenvalue weighted by Gasteiger charge is -2.02. The fourth-order valence-corrected chi connectivity index (χ4v) is 2.57. The Bertz CT molecular complexity index is 769. The van der Waals surface area contributed by atoms with E-state index in [1.807, 2.05) is 12.1 Å². The predicted octanol–water partition coefficient (Wildman–Crippen LogP) is 4.41. The van der Waals surface area contributed by atoms with Crippen LogP contribution >= 0.6 is 11.3 Å². The lowest BCUT2D eigenvalue weighted by molar-refractivity contribution is 0.585. The second-order valence-electron chi connectivity index (χ2n) is 4.41. The molecule has 0 saturated carbocycles. The maximum atomic E-state index is 13.7. The summed E-state index contributed by atoms with van der Waals surface area (Å²) < 4.78 is 26.6. The standard InChI is InChI=1S/C15H11F2N3S/c16-9-1-6-12(13(17)7-9)14-8-21-15(20-14)19-11-4-2-10(18)3-5-11/h1-8H,18H2,(H,19,20). The van der Waals surface area contributed by atoms with E-state index in [0.29, 0.717) is 16.5 Å². The number of rotatable bonds is 3. The predicted molar refractivity (Wildman–Crippen MR) is 81.6 cm³/mol. The molecule has 3 rings (SSSR count). The van der Waals surface area contributed by atoms with E-state index >= 15 is 0 Å². The summed E-state index contributed by atoms with van der Waals surface area (Å²) in [6, 6.07) is 10.6. The molecule has 1 aromatic heterocycles. The Balaban J connectivity index is 1.84. The van der Waals surface area contributed by atoms with Crippen LogP contribution in [-0.4, -0.2) is 4.98 Å². The number of nitrogen functional groups attached to an aromatic ring is 1. The molecule has 0 spiro atoms. The Morgan fingerprint density at radius 2 is 1.81 bits per heavy atom. The summed E-state index contributed by atoms with van der Waals surface area (Å²) in [7, 11) is 0. The minimum absolute atomic E-state index is 0.276. The average Bonchev–Trinajstić information content (AvgIpc) is 2.90. The highest BCUT2D eigenvalue weighted by Gasteiger charge is 2.10. The smallest absolute Gasteiger partial charge is 0.187 e. The van der Waals surface area contributed by atoms with Gasteiger partial charge < -0.3 is 11.1 Å². The Kier molecular flexibility index (Phi) is 3.53. The first-order valence-corrected chi connectivity index (χ1v) is 7.03. The summed E-state index contributed by atoms with van der Waals surface area (Å²) in [4.78, 5) is 4.30. The molecule has 0 radical (unpaired) electrons. The topological polar surface area (TPSA) is 50.9 Å². The van der Waals surface area contributed by atoms with Crippen molar-refractivity contribution in [1.29, 1.82) is 0 Å². The molecule has 3 N–H and O–H groups in total. The number of nitrogens with one attached hydrogen (secondary N) is 1. The van der Waals surface area contributed by atoms with Gasteiger partial charge in [0.1, 0.15) is 11.6 Å².